The zero-order chi connectivity index (χ0) is 10.8. The SMILES string of the molecule is CC1CCN(C(=O)c2ccn(C)n2)CC1. The molecule has 0 radical (unpaired) electrons. The summed E-state index contributed by atoms with van der Waals surface area (Å²) in [5, 5.41) is 4.13. The quantitative estimate of drug-likeness (QED) is 0.696. The minimum atomic E-state index is 0.0718. The Morgan fingerprint density at radius 1 is 1.47 bits per heavy atom. The lowest BCUT2D eigenvalue weighted by Gasteiger charge is -2.29. The summed E-state index contributed by atoms with van der Waals surface area (Å²) in [5.41, 5.74) is 0.562. The van der Waals surface area contributed by atoms with Gasteiger partial charge in [-0.2, -0.15) is 5.10 Å². The molecule has 0 N–H and O–H groups in total. The summed E-state index contributed by atoms with van der Waals surface area (Å²) in [6.07, 6.45) is 4.02. The van der Waals surface area contributed by atoms with Gasteiger partial charge in [-0.3, -0.25) is 9.48 Å². The van der Waals surface area contributed by atoms with Crippen molar-refractivity contribution in [3.8, 4) is 0 Å². The highest BCUT2D eigenvalue weighted by Gasteiger charge is 2.22. The molecule has 1 amide bonds. The molecule has 0 saturated carbocycles. The lowest BCUT2D eigenvalue weighted by atomic mass is 9.99. The number of nitrogens with zero attached hydrogens (tertiary/aromatic N) is 3. The van der Waals surface area contributed by atoms with E-state index in [0.29, 0.717) is 5.69 Å². The molecule has 2 rings (SSSR count). The lowest BCUT2D eigenvalue weighted by Crippen LogP contribution is -2.38. The highest BCUT2D eigenvalue weighted by Crippen LogP contribution is 2.17. The number of hydrogen-bond donors (Lipinski definition) is 0. The molecule has 4 nitrogen and oxygen atoms in total. The van der Waals surface area contributed by atoms with Crippen molar-refractivity contribution in [2.75, 3.05) is 13.1 Å². The van der Waals surface area contributed by atoms with Gasteiger partial charge in [-0.05, 0) is 24.8 Å². The monoisotopic (exact) mass is 207 g/mol. The summed E-state index contributed by atoms with van der Waals surface area (Å²) < 4.78 is 1.67. The van der Waals surface area contributed by atoms with Gasteiger partial charge in [0, 0.05) is 26.3 Å². The fraction of sp³-hybridized carbons (Fsp3) is 0.636. The summed E-state index contributed by atoms with van der Waals surface area (Å²) in [7, 11) is 1.83. The summed E-state index contributed by atoms with van der Waals surface area (Å²) >= 11 is 0. The van der Waals surface area contributed by atoms with Crippen LogP contribution in [0.4, 0.5) is 0 Å². The summed E-state index contributed by atoms with van der Waals surface area (Å²) in [5.74, 6) is 0.820. The Kier molecular flexibility index (Phi) is 2.75. The standard InChI is InChI=1S/C11H17N3O/c1-9-3-7-14(8-4-9)11(15)10-5-6-13(2)12-10/h5-6,9H,3-4,7-8H2,1-2H3. The van der Waals surface area contributed by atoms with Crippen LogP contribution in [0.3, 0.4) is 0 Å². The minimum Gasteiger partial charge on any atom is -0.337 e. The summed E-state index contributed by atoms with van der Waals surface area (Å²) in [4.78, 5) is 13.9. The molecule has 1 aliphatic rings. The Bertz CT molecular complexity index is 350. The predicted octanol–water partition coefficient (Wildman–Crippen LogP) is 1.29. The second-order valence-electron chi connectivity index (χ2n) is 4.35. The molecule has 0 bridgehead atoms. The molecule has 0 unspecified atom stereocenters. The largest absolute Gasteiger partial charge is 0.337 e. The normalized spacial score (nSPS) is 18.1. The first kappa shape index (κ1) is 10.2. The maximum atomic E-state index is 12.0. The smallest absolute Gasteiger partial charge is 0.274 e. The van der Waals surface area contributed by atoms with Gasteiger partial charge < -0.3 is 4.90 Å². The molecule has 1 fully saturated rings. The molecule has 4 heteroatoms. The number of aromatic nitrogens is 2. The van der Waals surface area contributed by atoms with E-state index in [2.05, 4.69) is 12.0 Å². The molecule has 0 aromatic carbocycles. The van der Waals surface area contributed by atoms with Gasteiger partial charge in [0.15, 0.2) is 0 Å². The zero-order valence-corrected chi connectivity index (χ0v) is 9.31. The minimum absolute atomic E-state index is 0.0718. The number of carbonyl (C=O) groups excluding carboxylic acids is 1. The van der Waals surface area contributed by atoms with Crippen LogP contribution in [0.5, 0.6) is 0 Å². The number of aryl methyl sites for hydroxylation is 1. The second kappa shape index (κ2) is 4.04. The molecule has 1 aliphatic heterocycles. The Morgan fingerprint density at radius 2 is 2.13 bits per heavy atom. The third-order valence-electron chi connectivity index (χ3n) is 3.00. The fourth-order valence-corrected chi connectivity index (χ4v) is 1.90. The molecular formula is C11H17N3O. The van der Waals surface area contributed by atoms with Crippen molar-refractivity contribution in [1.82, 2.24) is 14.7 Å². The summed E-state index contributed by atoms with van der Waals surface area (Å²) in [6, 6.07) is 1.78. The van der Waals surface area contributed by atoms with Crippen LogP contribution in [-0.4, -0.2) is 33.7 Å². The number of likely N-dealkylation sites (tertiary alicyclic amines) is 1. The third-order valence-corrected chi connectivity index (χ3v) is 3.00. The molecule has 15 heavy (non-hydrogen) atoms. The van der Waals surface area contributed by atoms with Crippen molar-refractivity contribution in [1.29, 1.82) is 0 Å². The number of amides is 1. The van der Waals surface area contributed by atoms with Crippen LogP contribution >= 0.6 is 0 Å². The number of hydrogen-bond acceptors (Lipinski definition) is 2. The molecule has 1 saturated heterocycles. The predicted molar refractivity (Wildman–Crippen MR) is 57.5 cm³/mol. The Labute approximate surface area is 89.9 Å². The van der Waals surface area contributed by atoms with Crippen LogP contribution < -0.4 is 0 Å². The maximum Gasteiger partial charge on any atom is 0.274 e. The van der Waals surface area contributed by atoms with Crippen LogP contribution in [0.25, 0.3) is 0 Å². The summed E-state index contributed by atoms with van der Waals surface area (Å²) in [6.45, 7) is 3.98. The maximum absolute atomic E-state index is 12.0. The van der Waals surface area contributed by atoms with Gasteiger partial charge in [-0.15, -0.1) is 0 Å². The molecule has 1 aromatic heterocycles. The van der Waals surface area contributed by atoms with Crippen molar-refractivity contribution in [3.63, 3.8) is 0 Å². The van der Waals surface area contributed by atoms with Crippen LogP contribution in [-0.2, 0) is 7.05 Å². The van der Waals surface area contributed by atoms with Crippen molar-refractivity contribution in [2.24, 2.45) is 13.0 Å². The Balaban J connectivity index is 2.02. The Morgan fingerprint density at radius 3 is 2.67 bits per heavy atom. The Hall–Kier alpha value is -1.32. The molecule has 1 aromatic rings. The van der Waals surface area contributed by atoms with Gasteiger partial charge in [-0.1, -0.05) is 6.92 Å². The van der Waals surface area contributed by atoms with Gasteiger partial charge in [-0.25, -0.2) is 0 Å². The topological polar surface area (TPSA) is 38.1 Å². The van der Waals surface area contributed by atoms with E-state index in [9.17, 15) is 4.79 Å². The molecule has 0 atom stereocenters. The van der Waals surface area contributed by atoms with Crippen LogP contribution in [0, 0.1) is 5.92 Å². The average molecular weight is 207 g/mol. The highest BCUT2D eigenvalue weighted by molar-refractivity contribution is 5.92. The van der Waals surface area contributed by atoms with Crippen LogP contribution in [0.2, 0.25) is 0 Å². The molecule has 82 valence electrons. The van der Waals surface area contributed by atoms with Gasteiger partial charge in [0.25, 0.3) is 5.91 Å². The number of piperidine rings is 1. The van der Waals surface area contributed by atoms with E-state index < -0.39 is 0 Å². The van der Waals surface area contributed by atoms with Crippen LogP contribution in [0.1, 0.15) is 30.3 Å². The lowest BCUT2D eigenvalue weighted by molar-refractivity contribution is 0.0690. The van der Waals surface area contributed by atoms with Crippen molar-refractivity contribution < 1.29 is 4.79 Å². The van der Waals surface area contributed by atoms with E-state index in [0.717, 1.165) is 31.8 Å². The molecular weight excluding hydrogens is 190 g/mol. The van der Waals surface area contributed by atoms with Crippen molar-refractivity contribution in [3.05, 3.63) is 18.0 Å². The van der Waals surface area contributed by atoms with E-state index in [1.807, 2.05) is 11.9 Å². The van der Waals surface area contributed by atoms with Gasteiger partial charge in [0.2, 0.25) is 0 Å². The molecule has 0 aliphatic carbocycles. The van der Waals surface area contributed by atoms with Gasteiger partial charge in [0.1, 0.15) is 5.69 Å². The van der Waals surface area contributed by atoms with Crippen LogP contribution in [0.15, 0.2) is 12.3 Å². The van der Waals surface area contributed by atoms with E-state index in [-0.39, 0.29) is 5.91 Å². The fourth-order valence-electron chi connectivity index (χ4n) is 1.90. The number of rotatable bonds is 1. The molecule has 2 heterocycles. The number of carbonyl (C=O) groups is 1. The third kappa shape index (κ3) is 2.19. The first-order chi connectivity index (χ1) is 7.16. The molecule has 0 spiro atoms. The van der Waals surface area contributed by atoms with Gasteiger partial charge >= 0.3 is 0 Å². The van der Waals surface area contributed by atoms with E-state index >= 15 is 0 Å². The second-order valence-corrected chi connectivity index (χ2v) is 4.35. The van der Waals surface area contributed by atoms with E-state index in [1.54, 1.807) is 16.9 Å². The first-order valence-corrected chi connectivity index (χ1v) is 5.46. The van der Waals surface area contributed by atoms with Crippen molar-refractivity contribution >= 4 is 5.91 Å². The van der Waals surface area contributed by atoms with Crippen molar-refractivity contribution in [2.45, 2.75) is 19.8 Å². The average Bonchev–Trinajstić information content (AvgIpc) is 2.65. The zero-order valence-electron chi connectivity index (χ0n) is 9.31. The highest BCUT2D eigenvalue weighted by atomic mass is 16.2. The van der Waals surface area contributed by atoms with E-state index in [4.69, 9.17) is 0 Å². The first-order valence-electron chi connectivity index (χ1n) is 5.46. The van der Waals surface area contributed by atoms with Gasteiger partial charge in [0.05, 0.1) is 0 Å². The van der Waals surface area contributed by atoms with E-state index in [1.165, 1.54) is 0 Å².